The van der Waals surface area contributed by atoms with E-state index in [-0.39, 0.29) is 11.2 Å². The fraction of sp³-hybridized carbons (Fsp3) is 0.500. The Balaban J connectivity index is 2.42. The first-order valence-corrected chi connectivity index (χ1v) is 6.04. The number of alkyl halides is 1. The SMILES string of the molecule is CC(C)(CBr)COCc1ccccc1F. The molecule has 0 atom stereocenters. The van der Waals surface area contributed by atoms with E-state index in [0.717, 1.165) is 5.33 Å². The van der Waals surface area contributed by atoms with Crippen LogP contribution in [-0.4, -0.2) is 11.9 Å². The Kier molecular flexibility index (Phi) is 4.74. The molecule has 0 aliphatic rings. The van der Waals surface area contributed by atoms with E-state index >= 15 is 0 Å². The van der Waals surface area contributed by atoms with Gasteiger partial charge in [-0.3, -0.25) is 0 Å². The van der Waals surface area contributed by atoms with Crippen LogP contribution in [0.1, 0.15) is 19.4 Å². The van der Waals surface area contributed by atoms with E-state index in [1.807, 2.05) is 6.07 Å². The van der Waals surface area contributed by atoms with E-state index in [9.17, 15) is 4.39 Å². The van der Waals surface area contributed by atoms with Gasteiger partial charge in [-0.15, -0.1) is 0 Å². The number of hydrogen-bond donors (Lipinski definition) is 0. The molecule has 0 aliphatic heterocycles. The van der Waals surface area contributed by atoms with E-state index in [0.29, 0.717) is 18.8 Å². The predicted octanol–water partition coefficient (Wildman–Crippen LogP) is 3.76. The Labute approximate surface area is 98.8 Å². The van der Waals surface area contributed by atoms with E-state index < -0.39 is 0 Å². The fourth-order valence-electron chi connectivity index (χ4n) is 1.09. The molecule has 0 aliphatic carbocycles. The van der Waals surface area contributed by atoms with Crippen LogP contribution in [0, 0.1) is 11.2 Å². The monoisotopic (exact) mass is 274 g/mol. The molecule has 84 valence electrons. The number of rotatable bonds is 5. The molecule has 1 aromatic carbocycles. The van der Waals surface area contributed by atoms with Crippen LogP contribution in [0.5, 0.6) is 0 Å². The zero-order valence-corrected chi connectivity index (χ0v) is 10.7. The number of halogens is 2. The maximum atomic E-state index is 13.2. The van der Waals surface area contributed by atoms with Crippen LogP contribution in [0.3, 0.4) is 0 Å². The van der Waals surface area contributed by atoms with Gasteiger partial charge in [-0.25, -0.2) is 4.39 Å². The number of ether oxygens (including phenoxy) is 1. The van der Waals surface area contributed by atoms with Crippen LogP contribution < -0.4 is 0 Å². The van der Waals surface area contributed by atoms with Gasteiger partial charge < -0.3 is 4.74 Å². The first-order valence-electron chi connectivity index (χ1n) is 4.92. The first-order chi connectivity index (χ1) is 7.05. The molecule has 0 bridgehead atoms. The second kappa shape index (κ2) is 5.61. The summed E-state index contributed by atoms with van der Waals surface area (Å²) in [7, 11) is 0. The maximum absolute atomic E-state index is 13.2. The summed E-state index contributed by atoms with van der Waals surface area (Å²) in [5.74, 6) is -0.200. The summed E-state index contributed by atoms with van der Waals surface area (Å²) in [6.45, 7) is 5.15. The first kappa shape index (κ1) is 12.7. The van der Waals surface area contributed by atoms with Crippen molar-refractivity contribution in [2.75, 3.05) is 11.9 Å². The summed E-state index contributed by atoms with van der Waals surface area (Å²) in [4.78, 5) is 0. The molecule has 15 heavy (non-hydrogen) atoms. The topological polar surface area (TPSA) is 9.23 Å². The van der Waals surface area contributed by atoms with Gasteiger partial charge in [-0.2, -0.15) is 0 Å². The lowest BCUT2D eigenvalue weighted by molar-refractivity contribution is 0.0609. The molecule has 0 saturated heterocycles. The zero-order valence-electron chi connectivity index (χ0n) is 9.09. The molecule has 0 saturated carbocycles. The molecule has 0 unspecified atom stereocenters. The van der Waals surface area contributed by atoms with Gasteiger partial charge in [0.15, 0.2) is 0 Å². The van der Waals surface area contributed by atoms with Gasteiger partial charge in [-0.05, 0) is 11.5 Å². The summed E-state index contributed by atoms with van der Waals surface area (Å²) in [5, 5.41) is 0.872. The molecule has 0 amide bonds. The lowest BCUT2D eigenvalue weighted by Gasteiger charge is -2.21. The molecular formula is C12H16BrFO. The standard InChI is InChI=1S/C12H16BrFO/c1-12(2,8-13)9-15-7-10-5-3-4-6-11(10)14/h3-6H,7-9H2,1-2H3. The quantitative estimate of drug-likeness (QED) is 0.743. The van der Waals surface area contributed by atoms with Crippen LogP contribution >= 0.6 is 15.9 Å². The van der Waals surface area contributed by atoms with Crippen molar-refractivity contribution in [3.63, 3.8) is 0 Å². The lowest BCUT2D eigenvalue weighted by Crippen LogP contribution is -2.20. The van der Waals surface area contributed by atoms with Gasteiger partial charge in [0.25, 0.3) is 0 Å². The number of benzene rings is 1. The zero-order chi connectivity index (χ0) is 11.3. The molecule has 1 rings (SSSR count). The Morgan fingerprint density at radius 3 is 2.60 bits per heavy atom. The van der Waals surface area contributed by atoms with Crippen LogP contribution in [0.25, 0.3) is 0 Å². The van der Waals surface area contributed by atoms with Crippen molar-refractivity contribution >= 4 is 15.9 Å². The minimum Gasteiger partial charge on any atom is -0.376 e. The Bertz CT molecular complexity index is 312. The molecule has 0 spiro atoms. The summed E-state index contributed by atoms with van der Waals surface area (Å²) < 4.78 is 18.7. The third kappa shape index (κ3) is 4.31. The van der Waals surface area contributed by atoms with E-state index in [1.54, 1.807) is 12.1 Å². The van der Waals surface area contributed by atoms with Gasteiger partial charge >= 0.3 is 0 Å². The molecule has 0 aromatic heterocycles. The second-order valence-corrected chi connectivity index (χ2v) is 4.94. The summed E-state index contributed by atoms with van der Waals surface area (Å²) in [6.07, 6.45) is 0. The van der Waals surface area contributed by atoms with E-state index in [1.165, 1.54) is 6.07 Å². The van der Waals surface area contributed by atoms with Crippen molar-refractivity contribution in [1.29, 1.82) is 0 Å². The van der Waals surface area contributed by atoms with Crippen molar-refractivity contribution in [3.05, 3.63) is 35.6 Å². The fourth-order valence-corrected chi connectivity index (χ4v) is 1.25. The van der Waals surface area contributed by atoms with Gasteiger partial charge in [-0.1, -0.05) is 48.0 Å². The third-order valence-electron chi connectivity index (χ3n) is 2.07. The van der Waals surface area contributed by atoms with Crippen molar-refractivity contribution in [2.24, 2.45) is 5.41 Å². The molecule has 0 heterocycles. The Morgan fingerprint density at radius 1 is 1.33 bits per heavy atom. The smallest absolute Gasteiger partial charge is 0.128 e. The third-order valence-corrected chi connectivity index (χ3v) is 3.59. The molecule has 3 heteroatoms. The normalized spacial score (nSPS) is 11.7. The largest absolute Gasteiger partial charge is 0.376 e. The molecule has 0 radical (unpaired) electrons. The van der Waals surface area contributed by atoms with E-state index in [4.69, 9.17) is 4.74 Å². The molecule has 1 aromatic rings. The molecule has 0 N–H and O–H groups in total. The minimum atomic E-state index is -0.200. The average molecular weight is 275 g/mol. The van der Waals surface area contributed by atoms with Crippen molar-refractivity contribution in [3.8, 4) is 0 Å². The summed E-state index contributed by atoms with van der Waals surface area (Å²) >= 11 is 3.42. The lowest BCUT2D eigenvalue weighted by atomic mass is 9.98. The molecular weight excluding hydrogens is 259 g/mol. The van der Waals surface area contributed by atoms with Crippen LogP contribution in [-0.2, 0) is 11.3 Å². The van der Waals surface area contributed by atoms with Gasteiger partial charge in [0.2, 0.25) is 0 Å². The molecule has 1 nitrogen and oxygen atoms in total. The predicted molar refractivity (Wildman–Crippen MR) is 63.6 cm³/mol. The van der Waals surface area contributed by atoms with Crippen LogP contribution in [0.4, 0.5) is 4.39 Å². The van der Waals surface area contributed by atoms with Crippen molar-refractivity contribution in [1.82, 2.24) is 0 Å². The average Bonchev–Trinajstić information content (AvgIpc) is 2.21. The van der Waals surface area contributed by atoms with Gasteiger partial charge in [0, 0.05) is 10.9 Å². The van der Waals surface area contributed by atoms with Crippen LogP contribution in [0.15, 0.2) is 24.3 Å². The highest BCUT2D eigenvalue weighted by atomic mass is 79.9. The summed E-state index contributed by atoms with van der Waals surface area (Å²) in [6, 6.07) is 6.70. The van der Waals surface area contributed by atoms with Crippen LogP contribution in [0.2, 0.25) is 0 Å². The Morgan fingerprint density at radius 2 is 2.00 bits per heavy atom. The second-order valence-electron chi connectivity index (χ2n) is 4.38. The Hall–Kier alpha value is -0.410. The molecule has 0 fully saturated rings. The van der Waals surface area contributed by atoms with Gasteiger partial charge in [0.05, 0.1) is 13.2 Å². The minimum absolute atomic E-state index is 0.0885. The highest BCUT2D eigenvalue weighted by molar-refractivity contribution is 9.09. The van der Waals surface area contributed by atoms with Gasteiger partial charge in [0.1, 0.15) is 5.82 Å². The van der Waals surface area contributed by atoms with Crippen molar-refractivity contribution < 1.29 is 9.13 Å². The summed E-state index contributed by atoms with van der Waals surface area (Å²) in [5.41, 5.74) is 0.702. The maximum Gasteiger partial charge on any atom is 0.128 e. The highest BCUT2D eigenvalue weighted by Gasteiger charge is 2.16. The highest BCUT2D eigenvalue weighted by Crippen LogP contribution is 2.19. The van der Waals surface area contributed by atoms with E-state index in [2.05, 4.69) is 29.8 Å². The number of hydrogen-bond acceptors (Lipinski definition) is 1. The van der Waals surface area contributed by atoms with Crippen molar-refractivity contribution in [2.45, 2.75) is 20.5 Å².